The van der Waals surface area contributed by atoms with Crippen molar-refractivity contribution >= 4 is 5.69 Å². The quantitative estimate of drug-likeness (QED) is 0.705. The van der Waals surface area contributed by atoms with Crippen molar-refractivity contribution in [3.8, 4) is 0 Å². The number of nitrogens with zero attached hydrogens (tertiary/aromatic N) is 2. The van der Waals surface area contributed by atoms with Crippen molar-refractivity contribution in [1.82, 2.24) is 4.90 Å². The Hall–Kier alpha value is -2.16. The van der Waals surface area contributed by atoms with Gasteiger partial charge in [-0.25, -0.2) is 0 Å². The van der Waals surface area contributed by atoms with E-state index in [1.807, 2.05) is 54.6 Å². The third kappa shape index (κ3) is 2.25. The molecule has 0 radical (unpaired) electrons. The van der Waals surface area contributed by atoms with Gasteiger partial charge in [-0.3, -0.25) is 0 Å². The molecule has 3 heteroatoms. The molecule has 3 nitrogen and oxygen atoms in total. The Labute approximate surface area is 94.6 Å². The first kappa shape index (κ1) is 10.4. The lowest BCUT2D eigenvalue weighted by Crippen LogP contribution is -2.11. The fraction of sp³-hybridized carbons (Fsp3) is 0.0769. The Bertz CT molecular complexity index is 472. The second-order valence-electron chi connectivity index (χ2n) is 3.53. The molecule has 1 heterocycles. The molecule has 2 rings (SSSR count). The average molecular weight is 213 g/mol. The topological polar surface area (TPSA) is 23.3 Å². The number of rotatable bonds is 2. The van der Waals surface area contributed by atoms with Crippen LogP contribution in [-0.2, 0) is 0 Å². The molecule has 0 aromatic heterocycles. The second kappa shape index (κ2) is 4.57. The van der Waals surface area contributed by atoms with Gasteiger partial charge >= 0.3 is 0 Å². The van der Waals surface area contributed by atoms with Gasteiger partial charge in [0.15, 0.2) is 0 Å². The van der Waals surface area contributed by atoms with E-state index in [1.165, 1.54) is 0 Å². The van der Waals surface area contributed by atoms with Gasteiger partial charge in [-0.2, -0.15) is 0 Å². The fourth-order valence-corrected chi connectivity index (χ4v) is 1.44. The lowest BCUT2D eigenvalue weighted by atomic mass is 10.3. The van der Waals surface area contributed by atoms with Gasteiger partial charge in [0, 0.05) is 30.3 Å². The van der Waals surface area contributed by atoms with E-state index in [1.54, 1.807) is 18.3 Å². The van der Waals surface area contributed by atoms with Crippen LogP contribution in [0.3, 0.4) is 0 Å². The summed E-state index contributed by atoms with van der Waals surface area (Å²) >= 11 is 0. The number of hydrogen-bond acceptors (Lipinski definition) is 2. The highest BCUT2D eigenvalue weighted by Gasteiger charge is 2.13. The summed E-state index contributed by atoms with van der Waals surface area (Å²) in [5.74, 6) is 0. The lowest BCUT2D eigenvalue weighted by molar-refractivity contribution is -0.386. The average Bonchev–Trinajstić information content (AvgIpc) is 2.33. The van der Waals surface area contributed by atoms with E-state index in [0.29, 0.717) is 5.69 Å². The van der Waals surface area contributed by atoms with Gasteiger partial charge in [-0.15, -0.1) is 0 Å². The maximum Gasteiger partial charge on any atom is 0.262 e. The Morgan fingerprint density at radius 3 is 2.62 bits per heavy atom. The van der Waals surface area contributed by atoms with Crippen molar-refractivity contribution in [1.29, 1.82) is 0 Å². The van der Waals surface area contributed by atoms with Gasteiger partial charge in [0.05, 0.1) is 4.76 Å². The van der Waals surface area contributed by atoms with Gasteiger partial charge < -0.3 is 4.90 Å². The van der Waals surface area contributed by atoms with E-state index in [4.69, 9.17) is 0 Å². The number of allylic oxidation sites excluding steroid dienone is 3. The maximum atomic E-state index is 11.8. The Morgan fingerprint density at radius 1 is 1.19 bits per heavy atom. The molecule has 0 amide bonds. The van der Waals surface area contributed by atoms with Crippen LogP contribution in [0.15, 0.2) is 66.7 Å². The number of para-hydroxylation sites is 1. The molecular weight excluding hydrogens is 200 g/mol. The zero-order valence-electron chi connectivity index (χ0n) is 9.08. The summed E-state index contributed by atoms with van der Waals surface area (Å²) in [5, 5.41) is 0. The summed E-state index contributed by atoms with van der Waals surface area (Å²) in [6.45, 7) is 0. The molecule has 0 saturated heterocycles. The third-order valence-corrected chi connectivity index (χ3v) is 2.36. The first-order valence-electron chi connectivity index (χ1n) is 5.08. The largest absolute Gasteiger partial charge is 0.346 e. The minimum Gasteiger partial charge on any atom is -0.346 e. The first-order chi connectivity index (χ1) is 7.77. The highest BCUT2D eigenvalue weighted by atomic mass is 16.3. The SMILES string of the molecule is CN1C=CC=CC1=C[N+](=O)c1ccccc1. The molecule has 1 aliphatic rings. The first-order valence-corrected chi connectivity index (χ1v) is 5.08. The number of benzene rings is 1. The highest BCUT2D eigenvalue weighted by molar-refractivity contribution is 5.31. The van der Waals surface area contributed by atoms with E-state index in [9.17, 15) is 4.91 Å². The smallest absolute Gasteiger partial charge is 0.262 e. The van der Waals surface area contributed by atoms with Crippen LogP contribution >= 0.6 is 0 Å². The minimum absolute atomic E-state index is 0.631. The molecule has 16 heavy (non-hydrogen) atoms. The molecule has 1 aliphatic heterocycles. The standard InChI is InChI=1S/C13H13N2O/c1-14-10-6-5-9-13(14)11-15(16)12-7-3-2-4-8-12/h2-11H,1H3/q+1. The van der Waals surface area contributed by atoms with Crippen LogP contribution in [0.2, 0.25) is 0 Å². The summed E-state index contributed by atoms with van der Waals surface area (Å²) in [7, 11) is 1.91. The molecule has 0 unspecified atom stereocenters. The van der Waals surface area contributed by atoms with Crippen LogP contribution in [0, 0.1) is 4.91 Å². The van der Waals surface area contributed by atoms with Crippen LogP contribution in [-0.4, -0.2) is 16.7 Å². The van der Waals surface area contributed by atoms with E-state index in [0.717, 1.165) is 10.5 Å². The summed E-state index contributed by atoms with van der Waals surface area (Å²) in [5.41, 5.74) is 1.49. The minimum atomic E-state index is 0.631. The number of hydrogen-bond donors (Lipinski definition) is 0. The third-order valence-electron chi connectivity index (χ3n) is 2.36. The van der Waals surface area contributed by atoms with Crippen molar-refractivity contribution in [3.63, 3.8) is 0 Å². The molecule has 1 aromatic carbocycles. The monoisotopic (exact) mass is 213 g/mol. The number of nitroso groups, excluding NO2 is 1. The van der Waals surface area contributed by atoms with E-state index in [-0.39, 0.29) is 0 Å². The molecule has 0 saturated carbocycles. The molecular formula is C13H13N2O+. The maximum absolute atomic E-state index is 11.8. The van der Waals surface area contributed by atoms with Crippen molar-refractivity contribution in [2.45, 2.75) is 0 Å². The van der Waals surface area contributed by atoms with Gasteiger partial charge in [0.25, 0.3) is 11.9 Å². The Balaban J connectivity index is 2.22. The molecule has 80 valence electrons. The van der Waals surface area contributed by atoms with Crippen LogP contribution in [0.4, 0.5) is 5.69 Å². The van der Waals surface area contributed by atoms with Crippen LogP contribution in [0.5, 0.6) is 0 Å². The molecule has 0 bridgehead atoms. The molecule has 0 N–H and O–H groups in total. The molecule has 0 spiro atoms. The molecule has 1 aromatic rings. The Morgan fingerprint density at radius 2 is 1.94 bits per heavy atom. The predicted octanol–water partition coefficient (Wildman–Crippen LogP) is 2.95. The van der Waals surface area contributed by atoms with Gasteiger partial charge in [-0.1, -0.05) is 24.3 Å². The zero-order valence-corrected chi connectivity index (χ0v) is 9.08. The Kier molecular flexibility index (Phi) is 2.96. The van der Waals surface area contributed by atoms with Gasteiger partial charge in [0.2, 0.25) is 0 Å². The fourth-order valence-electron chi connectivity index (χ4n) is 1.44. The molecule has 0 aliphatic carbocycles. The summed E-state index contributed by atoms with van der Waals surface area (Å²) in [6, 6.07) is 9.15. The van der Waals surface area contributed by atoms with E-state index >= 15 is 0 Å². The van der Waals surface area contributed by atoms with E-state index in [2.05, 4.69) is 0 Å². The normalized spacial score (nSPS) is 16.8. The van der Waals surface area contributed by atoms with Gasteiger partial charge in [0.1, 0.15) is 5.70 Å². The highest BCUT2D eigenvalue weighted by Crippen LogP contribution is 2.14. The number of likely N-dealkylation sites (N-methyl/N-ethyl adjacent to an activating group) is 1. The lowest BCUT2D eigenvalue weighted by Gasteiger charge is -2.14. The molecule has 0 fully saturated rings. The van der Waals surface area contributed by atoms with Crippen LogP contribution in [0.1, 0.15) is 0 Å². The van der Waals surface area contributed by atoms with Crippen molar-refractivity contribution in [2.24, 2.45) is 0 Å². The van der Waals surface area contributed by atoms with E-state index < -0.39 is 0 Å². The zero-order chi connectivity index (χ0) is 11.4. The predicted molar refractivity (Wildman–Crippen MR) is 63.9 cm³/mol. The summed E-state index contributed by atoms with van der Waals surface area (Å²) in [6.07, 6.45) is 9.20. The van der Waals surface area contributed by atoms with Crippen molar-refractivity contribution < 1.29 is 4.76 Å². The van der Waals surface area contributed by atoms with Crippen LogP contribution in [0.25, 0.3) is 0 Å². The van der Waals surface area contributed by atoms with Crippen LogP contribution < -0.4 is 0 Å². The second-order valence-corrected chi connectivity index (χ2v) is 3.53. The van der Waals surface area contributed by atoms with Crippen molar-refractivity contribution in [3.05, 3.63) is 71.6 Å². The summed E-state index contributed by atoms with van der Waals surface area (Å²) < 4.78 is 0.870. The summed E-state index contributed by atoms with van der Waals surface area (Å²) in [4.78, 5) is 13.7. The molecule has 0 atom stereocenters. The van der Waals surface area contributed by atoms with Gasteiger partial charge in [-0.05, 0) is 12.2 Å². The van der Waals surface area contributed by atoms with Crippen molar-refractivity contribution in [2.75, 3.05) is 7.05 Å².